The number of alkyl halides is 2. The monoisotopic (exact) mass is 590 g/mol. The number of hydrogen-bond donors (Lipinski definition) is 1. The van der Waals surface area contributed by atoms with Gasteiger partial charge < -0.3 is 24.8 Å². The number of para-hydroxylation sites is 1. The Morgan fingerprint density at radius 2 is 1.86 bits per heavy atom. The zero-order valence-electron chi connectivity index (χ0n) is 23.4. The van der Waals surface area contributed by atoms with E-state index in [1.807, 2.05) is 17.9 Å². The van der Waals surface area contributed by atoms with Crippen LogP contribution in [0.15, 0.2) is 66.4 Å². The summed E-state index contributed by atoms with van der Waals surface area (Å²) in [5, 5.41) is 4.36. The van der Waals surface area contributed by atoms with Crippen LogP contribution in [-0.4, -0.2) is 54.9 Å². The van der Waals surface area contributed by atoms with Gasteiger partial charge in [0, 0.05) is 25.1 Å². The Labute approximate surface area is 246 Å². The van der Waals surface area contributed by atoms with E-state index in [1.165, 1.54) is 16.9 Å². The van der Waals surface area contributed by atoms with E-state index in [4.69, 9.17) is 19.9 Å². The van der Waals surface area contributed by atoms with Crippen LogP contribution in [0.25, 0.3) is 11.8 Å². The van der Waals surface area contributed by atoms with Crippen molar-refractivity contribution in [2.45, 2.75) is 19.8 Å². The molecule has 11 heteroatoms. The number of allylic oxidation sites excluding steroid dienone is 1. The molecule has 1 fully saturated rings. The number of halogens is 3. The van der Waals surface area contributed by atoms with Crippen LogP contribution < -0.4 is 20.1 Å². The Balaban J connectivity index is 1.23. The number of benzene rings is 3. The van der Waals surface area contributed by atoms with Gasteiger partial charge in [-0.3, -0.25) is 4.79 Å². The van der Waals surface area contributed by atoms with Crippen molar-refractivity contribution in [3.63, 3.8) is 0 Å². The molecule has 1 saturated heterocycles. The van der Waals surface area contributed by atoms with Crippen LogP contribution >= 0.6 is 0 Å². The van der Waals surface area contributed by atoms with Gasteiger partial charge in [-0.25, -0.2) is 17.9 Å². The molecule has 0 atom stereocenters. The van der Waals surface area contributed by atoms with Gasteiger partial charge in [-0.15, -0.1) is 0 Å². The predicted octanol–water partition coefficient (Wildman–Crippen LogP) is 6.00. The van der Waals surface area contributed by atoms with Crippen LogP contribution in [0.2, 0.25) is 0 Å². The molecule has 0 amide bonds. The van der Waals surface area contributed by atoms with Crippen LogP contribution in [0.5, 0.6) is 17.2 Å². The molecule has 222 valence electrons. The largest absolute Gasteiger partial charge is 0.485 e. The Morgan fingerprint density at radius 1 is 1.07 bits per heavy atom. The number of nitrogens with two attached hydrogens (primary N) is 1. The molecule has 1 aliphatic carbocycles. The first-order valence-corrected chi connectivity index (χ1v) is 13.8. The lowest BCUT2D eigenvalue weighted by molar-refractivity contribution is 0.0816. The predicted molar refractivity (Wildman–Crippen MR) is 156 cm³/mol. The molecule has 2 N–H and O–H groups in total. The van der Waals surface area contributed by atoms with Crippen molar-refractivity contribution in [3.8, 4) is 22.9 Å². The SMILES string of the molecule is Cc1cc(-n2ncc(C(=O)C3=Cc4cc(OCC(F)F)c(N5CCOCC5)cc4C3)c2N)ccc1Oc1ccccc1F. The Kier molecular flexibility index (Phi) is 7.81. The number of ketones is 1. The van der Waals surface area contributed by atoms with Crippen LogP contribution in [0.4, 0.5) is 24.7 Å². The first-order valence-electron chi connectivity index (χ1n) is 13.8. The lowest BCUT2D eigenvalue weighted by Gasteiger charge is -2.30. The number of ether oxygens (including phenoxy) is 3. The molecular weight excluding hydrogens is 561 g/mol. The van der Waals surface area contributed by atoms with Gasteiger partial charge in [-0.1, -0.05) is 12.1 Å². The second-order valence-corrected chi connectivity index (χ2v) is 10.3. The molecule has 1 aromatic heterocycles. The summed E-state index contributed by atoms with van der Waals surface area (Å²) < 4.78 is 58.1. The molecule has 2 aliphatic rings. The zero-order chi connectivity index (χ0) is 30.1. The number of morpholine rings is 1. The third-order valence-corrected chi connectivity index (χ3v) is 7.45. The number of fused-ring (bicyclic) bond motifs is 1. The van der Waals surface area contributed by atoms with Crippen molar-refractivity contribution < 1.29 is 32.2 Å². The summed E-state index contributed by atoms with van der Waals surface area (Å²) in [7, 11) is 0. The molecular formula is C32H29F3N4O4. The van der Waals surface area contributed by atoms with E-state index >= 15 is 0 Å². The minimum Gasteiger partial charge on any atom is -0.485 e. The molecule has 43 heavy (non-hydrogen) atoms. The van der Waals surface area contributed by atoms with Crippen LogP contribution in [0.3, 0.4) is 0 Å². The smallest absolute Gasteiger partial charge is 0.272 e. The van der Waals surface area contributed by atoms with E-state index in [1.54, 1.807) is 48.5 Å². The summed E-state index contributed by atoms with van der Waals surface area (Å²) in [5.74, 6) is 0.343. The van der Waals surface area contributed by atoms with Crippen LogP contribution in [0.1, 0.15) is 27.0 Å². The van der Waals surface area contributed by atoms with Crippen molar-refractivity contribution in [1.29, 1.82) is 0 Å². The number of nitrogen functional groups attached to an aromatic ring is 1. The van der Waals surface area contributed by atoms with Gasteiger partial charge in [0.15, 0.2) is 17.3 Å². The maximum Gasteiger partial charge on any atom is 0.272 e. The van der Waals surface area contributed by atoms with Gasteiger partial charge in [0.25, 0.3) is 6.43 Å². The highest BCUT2D eigenvalue weighted by atomic mass is 19.3. The summed E-state index contributed by atoms with van der Waals surface area (Å²) >= 11 is 0. The standard InChI is InChI=1S/C32H29F3N4O4/c1-19-12-23(6-7-27(19)43-28-5-3-2-4-25(28)33)39-32(36)24(17-37-39)31(40)22-13-20-15-26(38-8-10-41-11-9-38)29(16-21(20)14-22)42-18-30(34)35/h2-7,12,14-17,30H,8-11,13,18,36H2,1H3. The second-order valence-electron chi connectivity index (χ2n) is 10.3. The molecule has 0 radical (unpaired) electrons. The summed E-state index contributed by atoms with van der Waals surface area (Å²) in [6, 6.07) is 15.0. The summed E-state index contributed by atoms with van der Waals surface area (Å²) in [6.07, 6.45) is 0.909. The van der Waals surface area contributed by atoms with Crippen LogP contribution in [-0.2, 0) is 11.2 Å². The Hall–Kier alpha value is -4.77. The first kappa shape index (κ1) is 28.4. The number of anilines is 2. The number of aryl methyl sites for hydroxylation is 1. The van der Waals surface area contributed by atoms with Crippen molar-refractivity contribution >= 4 is 23.4 Å². The van der Waals surface area contributed by atoms with E-state index < -0.39 is 18.8 Å². The zero-order valence-corrected chi connectivity index (χ0v) is 23.4. The quantitative estimate of drug-likeness (QED) is 0.239. The molecule has 6 rings (SSSR count). The van der Waals surface area contributed by atoms with E-state index in [9.17, 15) is 18.0 Å². The number of Topliss-reactive ketones (excluding diaryl/α,β-unsaturated/α-hetero) is 1. The van der Waals surface area contributed by atoms with Crippen molar-refractivity contribution in [3.05, 3.63) is 94.4 Å². The summed E-state index contributed by atoms with van der Waals surface area (Å²) in [4.78, 5) is 15.7. The molecule has 0 saturated carbocycles. The van der Waals surface area contributed by atoms with Gasteiger partial charge in [0.1, 0.15) is 23.9 Å². The van der Waals surface area contributed by atoms with Crippen molar-refractivity contribution in [2.24, 2.45) is 0 Å². The lowest BCUT2D eigenvalue weighted by Crippen LogP contribution is -2.36. The fourth-order valence-corrected chi connectivity index (χ4v) is 5.26. The molecule has 1 aliphatic heterocycles. The van der Waals surface area contributed by atoms with Gasteiger partial charge >= 0.3 is 0 Å². The first-order chi connectivity index (χ1) is 20.8. The van der Waals surface area contributed by atoms with Gasteiger partial charge in [0.2, 0.25) is 0 Å². The van der Waals surface area contributed by atoms with Gasteiger partial charge in [-0.05, 0) is 72.2 Å². The molecule has 0 unspecified atom stereocenters. The molecule has 3 aromatic carbocycles. The minimum atomic E-state index is -2.61. The van der Waals surface area contributed by atoms with E-state index in [2.05, 4.69) is 5.10 Å². The maximum atomic E-state index is 14.1. The fourth-order valence-electron chi connectivity index (χ4n) is 5.26. The molecule has 8 nitrogen and oxygen atoms in total. The fraction of sp³-hybridized carbons (Fsp3) is 0.250. The molecule has 0 spiro atoms. The third kappa shape index (κ3) is 5.80. The average molecular weight is 591 g/mol. The highest BCUT2D eigenvalue weighted by molar-refractivity contribution is 6.15. The van der Waals surface area contributed by atoms with Crippen molar-refractivity contribution in [2.75, 3.05) is 43.5 Å². The maximum absolute atomic E-state index is 14.1. The number of rotatable bonds is 9. The van der Waals surface area contributed by atoms with Gasteiger partial charge in [0.05, 0.1) is 36.3 Å². The summed E-state index contributed by atoms with van der Waals surface area (Å²) in [6.45, 7) is 3.35. The lowest BCUT2D eigenvalue weighted by atomic mass is 10.0. The molecule has 0 bridgehead atoms. The topological polar surface area (TPSA) is 91.8 Å². The number of nitrogens with zero attached hydrogens (tertiary/aromatic N) is 3. The number of carbonyl (C=O) groups is 1. The average Bonchev–Trinajstić information content (AvgIpc) is 3.60. The number of hydrogen-bond acceptors (Lipinski definition) is 7. The van der Waals surface area contributed by atoms with E-state index in [0.717, 1.165) is 16.7 Å². The minimum absolute atomic E-state index is 0.112. The third-order valence-electron chi connectivity index (χ3n) is 7.45. The number of aromatic nitrogens is 2. The van der Waals surface area contributed by atoms with E-state index in [0.29, 0.717) is 61.2 Å². The Morgan fingerprint density at radius 3 is 2.60 bits per heavy atom. The second kappa shape index (κ2) is 11.8. The Bertz CT molecular complexity index is 1710. The summed E-state index contributed by atoms with van der Waals surface area (Å²) in [5.41, 5.74) is 10.8. The molecule has 2 heterocycles. The number of carbonyl (C=O) groups excluding carboxylic acids is 1. The van der Waals surface area contributed by atoms with Gasteiger partial charge in [-0.2, -0.15) is 5.10 Å². The highest BCUT2D eigenvalue weighted by Gasteiger charge is 2.27. The van der Waals surface area contributed by atoms with Crippen LogP contribution in [0, 0.1) is 12.7 Å². The normalized spacial score (nSPS) is 14.5. The molecule has 4 aromatic rings. The van der Waals surface area contributed by atoms with E-state index in [-0.39, 0.29) is 22.9 Å². The van der Waals surface area contributed by atoms with Crippen molar-refractivity contribution in [1.82, 2.24) is 9.78 Å². The highest BCUT2D eigenvalue weighted by Crippen LogP contribution is 2.39.